The van der Waals surface area contributed by atoms with Gasteiger partial charge >= 0.3 is 0 Å². The van der Waals surface area contributed by atoms with E-state index in [1.54, 1.807) is 24.4 Å². The lowest BCUT2D eigenvalue weighted by atomic mass is 10.2. The lowest BCUT2D eigenvalue weighted by molar-refractivity contribution is -0.158. The molecule has 1 aliphatic heterocycles. The maximum absolute atomic E-state index is 9.19. The summed E-state index contributed by atoms with van der Waals surface area (Å²) in [5.74, 6) is 0. The number of morpholine rings is 1. The fourth-order valence-electron chi connectivity index (χ4n) is 2.01. The van der Waals surface area contributed by atoms with Gasteiger partial charge in [0, 0.05) is 19.3 Å². The maximum Gasteiger partial charge on any atom is 0.238 e. The first kappa shape index (κ1) is 15.4. The lowest BCUT2D eigenvalue weighted by Crippen LogP contribution is -2.50. The summed E-state index contributed by atoms with van der Waals surface area (Å²) in [5, 5.41) is 13.2. The van der Waals surface area contributed by atoms with Crippen LogP contribution in [0.15, 0.2) is 29.6 Å². The van der Waals surface area contributed by atoms with E-state index in [1.807, 2.05) is 25.1 Å². The second kappa shape index (κ2) is 7.69. The van der Waals surface area contributed by atoms with Crippen LogP contribution in [-0.2, 0) is 9.57 Å². The Morgan fingerprint density at radius 3 is 2.81 bits per heavy atom. The van der Waals surface area contributed by atoms with E-state index in [9.17, 15) is 5.26 Å². The van der Waals surface area contributed by atoms with E-state index < -0.39 is 0 Å². The number of pyridine rings is 1. The molecule has 0 spiro atoms. The smallest absolute Gasteiger partial charge is 0.238 e. The van der Waals surface area contributed by atoms with E-state index in [0.29, 0.717) is 18.9 Å². The molecule has 1 aliphatic rings. The average molecular weight is 289 g/mol. The van der Waals surface area contributed by atoms with Gasteiger partial charge in [-0.05, 0) is 26.2 Å². The zero-order chi connectivity index (χ0) is 15.1. The van der Waals surface area contributed by atoms with Crippen molar-refractivity contribution in [1.29, 1.82) is 5.26 Å². The highest BCUT2D eigenvalue weighted by molar-refractivity contribution is 6.09. The molecule has 0 saturated carbocycles. The van der Waals surface area contributed by atoms with Crippen LogP contribution >= 0.6 is 0 Å². The SMILES string of the molecule is CN(C)C(O/N=C(/C#N)c1ccccn1)N1CCOCC1. The van der Waals surface area contributed by atoms with Crippen molar-refractivity contribution >= 4 is 5.71 Å². The predicted octanol–water partition coefficient (Wildman–Crippen LogP) is 0.503. The quantitative estimate of drug-likeness (QED) is 0.446. The van der Waals surface area contributed by atoms with Gasteiger partial charge in [0.2, 0.25) is 12.1 Å². The number of ether oxygens (including phenoxy) is 1. The van der Waals surface area contributed by atoms with Crippen LogP contribution in [0.25, 0.3) is 0 Å². The monoisotopic (exact) mass is 289 g/mol. The highest BCUT2D eigenvalue weighted by Crippen LogP contribution is 2.09. The molecule has 0 N–H and O–H groups in total. The second-order valence-corrected chi connectivity index (χ2v) is 4.81. The van der Waals surface area contributed by atoms with E-state index in [2.05, 4.69) is 15.0 Å². The van der Waals surface area contributed by atoms with Gasteiger partial charge in [0.25, 0.3) is 0 Å². The number of hydrogen-bond acceptors (Lipinski definition) is 7. The Morgan fingerprint density at radius 2 is 2.24 bits per heavy atom. The van der Waals surface area contributed by atoms with Gasteiger partial charge in [-0.3, -0.25) is 9.88 Å². The molecule has 1 saturated heterocycles. The van der Waals surface area contributed by atoms with Gasteiger partial charge in [0.1, 0.15) is 11.8 Å². The van der Waals surface area contributed by atoms with Crippen LogP contribution in [0.2, 0.25) is 0 Å². The fourth-order valence-corrected chi connectivity index (χ4v) is 2.01. The molecule has 1 fully saturated rings. The van der Waals surface area contributed by atoms with Gasteiger partial charge in [-0.15, -0.1) is 0 Å². The predicted molar refractivity (Wildman–Crippen MR) is 77.3 cm³/mol. The summed E-state index contributed by atoms with van der Waals surface area (Å²) in [6, 6.07) is 7.34. The molecule has 112 valence electrons. The number of rotatable bonds is 5. The van der Waals surface area contributed by atoms with Gasteiger partial charge in [-0.1, -0.05) is 11.2 Å². The van der Waals surface area contributed by atoms with E-state index in [0.717, 1.165) is 13.1 Å². The minimum absolute atomic E-state index is 0.163. The van der Waals surface area contributed by atoms with Crippen molar-refractivity contribution < 1.29 is 9.57 Å². The second-order valence-electron chi connectivity index (χ2n) is 4.81. The summed E-state index contributed by atoms with van der Waals surface area (Å²) in [5.41, 5.74) is 0.662. The molecule has 1 aromatic rings. The molecule has 0 bridgehead atoms. The molecule has 1 unspecified atom stereocenters. The Morgan fingerprint density at radius 1 is 1.48 bits per heavy atom. The van der Waals surface area contributed by atoms with E-state index >= 15 is 0 Å². The van der Waals surface area contributed by atoms with Gasteiger partial charge in [-0.25, -0.2) is 4.90 Å². The molecule has 1 atom stereocenters. The summed E-state index contributed by atoms with van der Waals surface area (Å²) in [7, 11) is 3.81. The lowest BCUT2D eigenvalue weighted by Gasteiger charge is -2.35. The summed E-state index contributed by atoms with van der Waals surface area (Å²) >= 11 is 0. The van der Waals surface area contributed by atoms with Crippen LogP contribution in [0.4, 0.5) is 0 Å². The van der Waals surface area contributed by atoms with Crippen molar-refractivity contribution in [3.8, 4) is 6.07 Å². The first-order chi connectivity index (χ1) is 10.2. The van der Waals surface area contributed by atoms with Crippen LogP contribution in [0, 0.1) is 11.3 Å². The molecule has 2 heterocycles. The highest BCUT2D eigenvalue weighted by Gasteiger charge is 2.24. The van der Waals surface area contributed by atoms with Crippen LogP contribution < -0.4 is 0 Å². The van der Waals surface area contributed by atoms with Crippen molar-refractivity contribution in [3.63, 3.8) is 0 Å². The van der Waals surface area contributed by atoms with Gasteiger partial charge in [0.05, 0.1) is 13.2 Å². The molecule has 21 heavy (non-hydrogen) atoms. The summed E-state index contributed by atoms with van der Waals surface area (Å²) < 4.78 is 5.33. The Bertz CT molecular complexity index is 506. The molecule has 7 heteroatoms. The van der Waals surface area contributed by atoms with E-state index in [-0.39, 0.29) is 12.1 Å². The maximum atomic E-state index is 9.19. The summed E-state index contributed by atoms with van der Waals surface area (Å²) in [6.45, 7) is 2.87. The van der Waals surface area contributed by atoms with Crippen molar-refractivity contribution in [2.45, 2.75) is 6.35 Å². The molecular weight excluding hydrogens is 270 g/mol. The number of aromatic nitrogens is 1. The summed E-state index contributed by atoms with van der Waals surface area (Å²) in [6.07, 6.45) is 1.29. The molecule has 0 amide bonds. The van der Waals surface area contributed by atoms with Crippen LogP contribution in [0.5, 0.6) is 0 Å². The Balaban J connectivity index is 2.09. The molecule has 2 rings (SSSR count). The van der Waals surface area contributed by atoms with Crippen molar-refractivity contribution in [3.05, 3.63) is 30.1 Å². The van der Waals surface area contributed by atoms with Gasteiger partial charge < -0.3 is 9.57 Å². The first-order valence-electron chi connectivity index (χ1n) is 6.76. The average Bonchev–Trinajstić information content (AvgIpc) is 2.53. The van der Waals surface area contributed by atoms with Crippen LogP contribution in [-0.4, -0.2) is 67.2 Å². The molecule has 0 radical (unpaired) electrons. The fraction of sp³-hybridized carbons (Fsp3) is 0.500. The first-order valence-corrected chi connectivity index (χ1v) is 6.76. The zero-order valence-corrected chi connectivity index (χ0v) is 12.3. The normalized spacial score (nSPS) is 18.3. The third-order valence-corrected chi connectivity index (χ3v) is 3.05. The molecule has 0 aliphatic carbocycles. The minimum atomic E-state index is -0.332. The number of oxime groups is 1. The van der Waals surface area contributed by atoms with Crippen molar-refractivity contribution in [1.82, 2.24) is 14.8 Å². The third kappa shape index (κ3) is 4.23. The molecule has 0 aromatic carbocycles. The van der Waals surface area contributed by atoms with Gasteiger partial charge in [0.15, 0.2) is 0 Å². The Kier molecular flexibility index (Phi) is 5.63. The molecule has 7 nitrogen and oxygen atoms in total. The molecule has 1 aromatic heterocycles. The minimum Gasteiger partial charge on any atom is -0.379 e. The van der Waals surface area contributed by atoms with Crippen LogP contribution in [0.1, 0.15) is 5.69 Å². The topological polar surface area (TPSA) is 74.0 Å². The van der Waals surface area contributed by atoms with Gasteiger partial charge in [-0.2, -0.15) is 5.26 Å². The molecular formula is C14H19N5O2. The van der Waals surface area contributed by atoms with E-state index in [4.69, 9.17) is 9.57 Å². The number of nitriles is 1. The third-order valence-electron chi connectivity index (χ3n) is 3.05. The summed E-state index contributed by atoms with van der Waals surface area (Å²) in [4.78, 5) is 13.7. The van der Waals surface area contributed by atoms with E-state index in [1.165, 1.54) is 0 Å². The standard InChI is InChI=1S/C14H19N5O2/c1-18(2)14(19-7-9-20-10-8-19)21-17-13(11-15)12-5-3-4-6-16-12/h3-6,14H,7-10H2,1-2H3/b17-13-. The largest absolute Gasteiger partial charge is 0.379 e. The Hall–Kier alpha value is -2.01. The number of hydrogen-bond donors (Lipinski definition) is 0. The highest BCUT2D eigenvalue weighted by atomic mass is 16.7. The van der Waals surface area contributed by atoms with Crippen molar-refractivity contribution in [2.75, 3.05) is 40.4 Å². The number of nitrogens with zero attached hydrogens (tertiary/aromatic N) is 5. The Labute approximate surface area is 124 Å². The van der Waals surface area contributed by atoms with Crippen LogP contribution in [0.3, 0.4) is 0 Å². The zero-order valence-electron chi connectivity index (χ0n) is 12.3. The van der Waals surface area contributed by atoms with Crippen molar-refractivity contribution in [2.24, 2.45) is 5.16 Å².